The van der Waals surface area contributed by atoms with Gasteiger partial charge < -0.3 is 9.30 Å². The third-order valence-corrected chi connectivity index (χ3v) is 4.72. The molecule has 0 amide bonds. The number of benzene rings is 1. The number of hydrogen-bond donors (Lipinski definition) is 0. The Hall–Kier alpha value is -2.36. The molecule has 1 fully saturated rings. The molecule has 1 aromatic heterocycles. The molecule has 1 aliphatic rings. The number of carbonyl (C=O) groups is 1. The minimum absolute atomic E-state index is 0.338. The van der Waals surface area contributed by atoms with Gasteiger partial charge in [0.1, 0.15) is 0 Å². The number of hydrogen-bond acceptors (Lipinski definition) is 3. The van der Waals surface area contributed by atoms with Crippen LogP contribution >= 0.6 is 0 Å². The van der Waals surface area contributed by atoms with Crippen LogP contribution in [0.3, 0.4) is 0 Å². The molecular weight excluding hydrogens is 300 g/mol. The number of nitrogens with zero attached hydrogens (tertiary/aromatic N) is 2. The summed E-state index contributed by atoms with van der Waals surface area (Å²) in [7, 11) is 1.39. The third kappa shape index (κ3) is 3.75. The van der Waals surface area contributed by atoms with Crippen LogP contribution in [0.2, 0.25) is 0 Å². The van der Waals surface area contributed by atoms with E-state index in [2.05, 4.69) is 28.0 Å². The number of ether oxygens (including phenoxy) is 1. The molecule has 0 unspecified atom stereocenters. The smallest absolute Gasteiger partial charge is 0.337 e. The van der Waals surface area contributed by atoms with Crippen molar-refractivity contribution in [1.29, 1.82) is 0 Å². The van der Waals surface area contributed by atoms with E-state index in [0.29, 0.717) is 11.6 Å². The van der Waals surface area contributed by atoms with Gasteiger partial charge in [0.05, 0.1) is 18.4 Å². The van der Waals surface area contributed by atoms with Crippen molar-refractivity contribution in [2.24, 2.45) is 4.99 Å². The Labute approximate surface area is 143 Å². The van der Waals surface area contributed by atoms with Gasteiger partial charge >= 0.3 is 5.97 Å². The fourth-order valence-corrected chi connectivity index (χ4v) is 3.25. The van der Waals surface area contributed by atoms with Gasteiger partial charge in [0.15, 0.2) is 0 Å². The number of aromatic nitrogens is 1. The van der Waals surface area contributed by atoms with Crippen LogP contribution in [-0.4, -0.2) is 23.9 Å². The molecule has 0 N–H and O–H groups in total. The van der Waals surface area contributed by atoms with Crippen LogP contribution in [0.1, 0.15) is 59.6 Å². The Kier molecular flexibility index (Phi) is 5.14. The summed E-state index contributed by atoms with van der Waals surface area (Å²) < 4.78 is 7.09. The second-order valence-electron chi connectivity index (χ2n) is 6.43. The summed E-state index contributed by atoms with van der Waals surface area (Å²) in [6.07, 6.45) is 12.7. The number of rotatable bonds is 4. The van der Waals surface area contributed by atoms with Gasteiger partial charge in [-0.1, -0.05) is 25.3 Å². The second-order valence-corrected chi connectivity index (χ2v) is 6.43. The minimum Gasteiger partial charge on any atom is -0.465 e. The molecule has 1 heterocycles. The Morgan fingerprint density at radius 2 is 2.04 bits per heavy atom. The summed E-state index contributed by atoms with van der Waals surface area (Å²) in [5.41, 5.74) is 3.44. The number of aryl methyl sites for hydroxylation is 1. The summed E-state index contributed by atoms with van der Waals surface area (Å²) in [4.78, 5) is 16.2. The van der Waals surface area contributed by atoms with Gasteiger partial charge in [-0.25, -0.2) is 4.79 Å². The highest BCUT2D eigenvalue weighted by atomic mass is 16.5. The molecule has 3 rings (SSSR count). The molecule has 126 valence electrons. The number of carbonyl (C=O) groups excluding carboxylic acids is 1. The highest BCUT2D eigenvalue weighted by molar-refractivity contribution is 5.91. The molecule has 0 bridgehead atoms. The van der Waals surface area contributed by atoms with Crippen LogP contribution in [0.5, 0.6) is 0 Å². The largest absolute Gasteiger partial charge is 0.465 e. The van der Waals surface area contributed by atoms with Gasteiger partial charge in [-0.3, -0.25) is 4.99 Å². The maximum absolute atomic E-state index is 11.7. The molecule has 0 radical (unpaired) electrons. The lowest BCUT2D eigenvalue weighted by Crippen LogP contribution is -2.10. The van der Waals surface area contributed by atoms with E-state index in [-0.39, 0.29) is 5.97 Å². The van der Waals surface area contributed by atoms with Crippen molar-refractivity contribution < 1.29 is 9.53 Å². The van der Waals surface area contributed by atoms with E-state index < -0.39 is 0 Å². The molecule has 1 aromatic carbocycles. The lowest BCUT2D eigenvalue weighted by atomic mass is 9.95. The normalized spacial score (nSPS) is 15.8. The van der Waals surface area contributed by atoms with Crippen molar-refractivity contribution >= 4 is 17.9 Å². The molecule has 0 spiro atoms. The van der Waals surface area contributed by atoms with Crippen LogP contribution in [0.15, 0.2) is 41.7 Å². The predicted octanol–water partition coefficient (Wildman–Crippen LogP) is 4.84. The average Bonchev–Trinajstić information content (AvgIpc) is 3.10. The lowest BCUT2D eigenvalue weighted by molar-refractivity contribution is 0.0601. The molecule has 0 atom stereocenters. The zero-order valence-electron chi connectivity index (χ0n) is 14.4. The molecule has 1 saturated carbocycles. The molecule has 0 aliphatic heterocycles. The van der Waals surface area contributed by atoms with E-state index in [9.17, 15) is 4.79 Å². The van der Waals surface area contributed by atoms with E-state index in [1.54, 1.807) is 12.1 Å². The third-order valence-electron chi connectivity index (χ3n) is 4.72. The van der Waals surface area contributed by atoms with E-state index >= 15 is 0 Å². The summed E-state index contributed by atoms with van der Waals surface area (Å²) in [5.74, 6) is -0.338. The number of esters is 1. The standard InChI is InChI=1S/C20H24N2O2/c1-15-8-9-17(20(23)24-2)12-19(15)21-13-16-10-11-22(14-16)18-6-4-3-5-7-18/h8-14,18H,3-7H2,1-2H3. The Bertz CT molecular complexity index is 740. The average molecular weight is 324 g/mol. The van der Waals surface area contributed by atoms with Gasteiger partial charge in [0.2, 0.25) is 0 Å². The van der Waals surface area contributed by atoms with Crippen molar-refractivity contribution in [2.45, 2.75) is 45.1 Å². The van der Waals surface area contributed by atoms with Crippen molar-refractivity contribution in [1.82, 2.24) is 4.57 Å². The fourth-order valence-electron chi connectivity index (χ4n) is 3.25. The van der Waals surface area contributed by atoms with E-state index in [4.69, 9.17) is 4.74 Å². The van der Waals surface area contributed by atoms with Crippen LogP contribution in [-0.2, 0) is 4.74 Å². The lowest BCUT2D eigenvalue weighted by Gasteiger charge is -2.23. The first-order chi connectivity index (χ1) is 11.7. The van der Waals surface area contributed by atoms with E-state index in [0.717, 1.165) is 16.8 Å². The van der Waals surface area contributed by atoms with Crippen LogP contribution in [0.25, 0.3) is 0 Å². The summed E-state index contributed by atoms with van der Waals surface area (Å²) in [6.45, 7) is 1.99. The van der Waals surface area contributed by atoms with E-state index in [1.165, 1.54) is 39.2 Å². The Morgan fingerprint density at radius 1 is 1.25 bits per heavy atom. The SMILES string of the molecule is COC(=O)c1ccc(C)c(N=Cc2ccn(C3CCCCC3)c2)c1. The van der Waals surface area contributed by atoms with Crippen molar-refractivity contribution in [2.75, 3.05) is 7.11 Å². The van der Waals surface area contributed by atoms with Gasteiger partial charge in [-0.05, 0) is 43.5 Å². The Morgan fingerprint density at radius 3 is 2.79 bits per heavy atom. The van der Waals surface area contributed by atoms with Gasteiger partial charge in [0.25, 0.3) is 0 Å². The zero-order valence-corrected chi connectivity index (χ0v) is 14.4. The maximum atomic E-state index is 11.7. The van der Waals surface area contributed by atoms with Crippen LogP contribution in [0, 0.1) is 6.92 Å². The predicted molar refractivity (Wildman–Crippen MR) is 96.3 cm³/mol. The molecule has 0 saturated heterocycles. The first-order valence-corrected chi connectivity index (χ1v) is 8.58. The summed E-state index contributed by atoms with van der Waals surface area (Å²) in [6, 6.07) is 8.16. The molecular formula is C20H24N2O2. The monoisotopic (exact) mass is 324 g/mol. The molecule has 24 heavy (non-hydrogen) atoms. The summed E-state index contributed by atoms with van der Waals surface area (Å²) >= 11 is 0. The second kappa shape index (κ2) is 7.47. The van der Waals surface area contributed by atoms with Gasteiger partial charge in [0, 0.05) is 30.2 Å². The van der Waals surface area contributed by atoms with E-state index in [1.807, 2.05) is 19.2 Å². The maximum Gasteiger partial charge on any atom is 0.337 e. The Balaban J connectivity index is 1.76. The van der Waals surface area contributed by atoms with Crippen molar-refractivity contribution in [3.05, 3.63) is 53.3 Å². The molecule has 4 heteroatoms. The molecule has 1 aliphatic carbocycles. The molecule has 4 nitrogen and oxygen atoms in total. The zero-order chi connectivity index (χ0) is 16.9. The quantitative estimate of drug-likeness (QED) is 0.596. The number of aliphatic imine (C=N–C) groups is 1. The topological polar surface area (TPSA) is 43.6 Å². The first-order valence-electron chi connectivity index (χ1n) is 8.58. The van der Waals surface area contributed by atoms with Gasteiger partial charge in [-0.15, -0.1) is 0 Å². The number of methoxy groups -OCH3 is 1. The van der Waals surface area contributed by atoms with Crippen LogP contribution < -0.4 is 0 Å². The van der Waals surface area contributed by atoms with Crippen molar-refractivity contribution in [3.63, 3.8) is 0 Å². The summed E-state index contributed by atoms with van der Waals surface area (Å²) in [5, 5.41) is 0. The van der Waals surface area contributed by atoms with Gasteiger partial charge in [-0.2, -0.15) is 0 Å². The van der Waals surface area contributed by atoms with Crippen molar-refractivity contribution in [3.8, 4) is 0 Å². The first kappa shape index (κ1) is 16.5. The fraction of sp³-hybridized carbons (Fsp3) is 0.400. The van der Waals surface area contributed by atoms with Crippen LogP contribution in [0.4, 0.5) is 5.69 Å². The molecule has 2 aromatic rings. The highest BCUT2D eigenvalue weighted by Crippen LogP contribution is 2.28. The minimum atomic E-state index is -0.338. The highest BCUT2D eigenvalue weighted by Gasteiger charge is 2.14.